The van der Waals surface area contributed by atoms with Crippen LogP contribution in [0, 0.1) is 0 Å². The zero-order chi connectivity index (χ0) is 8.43. The average molecular weight is 160 g/mol. The minimum atomic E-state index is -0.865. The molecular weight excluding hydrogens is 148 g/mol. The van der Waals surface area contributed by atoms with E-state index in [1.54, 1.807) is 0 Å². The number of piperidine rings is 1. The van der Waals surface area contributed by atoms with E-state index in [1.165, 1.54) is 0 Å². The molecule has 0 aromatic carbocycles. The van der Waals surface area contributed by atoms with Gasteiger partial charge < -0.3 is 21.3 Å². The van der Waals surface area contributed by atoms with E-state index in [2.05, 4.69) is 5.32 Å². The van der Waals surface area contributed by atoms with Gasteiger partial charge >= 0.3 is 0 Å². The van der Waals surface area contributed by atoms with Crippen LogP contribution in [-0.4, -0.2) is 40.9 Å². The van der Waals surface area contributed by atoms with E-state index >= 15 is 0 Å². The maximum Gasteiger partial charge on any atom is 0.237 e. The fourth-order valence-corrected chi connectivity index (χ4v) is 1.19. The molecule has 0 aromatic heterocycles. The number of nitrogens with one attached hydrogen (secondary N) is 1. The summed E-state index contributed by atoms with van der Waals surface area (Å²) in [5.74, 6) is -0.579. The molecule has 0 unspecified atom stereocenters. The largest absolute Gasteiger partial charge is 0.392 e. The van der Waals surface area contributed by atoms with Crippen LogP contribution < -0.4 is 11.1 Å². The highest BCUT2D eigenvalue weighted by atomic mass is 16.3. The quantitative estimate of drug-likeness (QED) is 0.342. The first-order valence-corrected chi connectivity index (χ1v) is 3.50. The molecule has 5 heteroatoms. The van der Waals surface area contributed by atoms with Gasteiger partial charge in [-0.05, 0) is 0 Å². The van der Waals surface area contributed by atoms with E-state index < -0.39 is 24.2 Å². The first-order chi connectivity index (χ1) is 5.11. The van der Waals surface area contributed by atoms with Crippen LogP contribution in [0.25, 0.3) is 0 Å². The molecule has 5 N–H and O–H groups in total. The van der Waals surface area contributed by atoms with Crippen molar-refractivity contribution in [2.45, 2.75) is 24.7 Å². The second-order valence-electron chi connectivity index (χ2n) is 2.75. The van der Waals surface area contributed by atoms with Crippen molar-refractivity contribution in [2.75, 3.05) is 6.54 Å². The van der Waals surface area contributed by atoms with Crippen LogP contribution >= 0.6 is 0 Å². The summed E-state index contributed by atoms with van der Waals surface area (Å²) in [4.78, 5) is 10.6. The maximum atomic E-state index is 10.6. The third kappa shape index (κ3) is 1.89. The normalized spacial score (nSPS) is 38.5. The summed E-state index contributed by atoms with van der Waals surface area (Å²) in [6.07, 6.45) is -1.24. The number of aliphatic hydroxyl groups is 2. The second-order valence-corrected chi connectivity index (χ2v) is 2.75. The van der Waals surface area contributed by atoms with Crippen molar-refractivity contribution in [1.82, 2.24) is 5.32 Å². The molecule has 0 spiro atoms. The molecule has 0 bridgehead atoms. The highest BCUT2D eigenvalue weighted by Gasteiger charge is 2.30. The topological polar surface area (TPSA) is 95.6 Å². The number of rotatable bonds is 1. The van der Waals surface area contributed by atoms with Crippen LogP contribution in [0.5, 0.6) is 0 Å². The first kappa shape index (κ1) is 8.45. The van der Waals surface area contributed by atoms with Gasteiger partial charge in [-0.3, -0.25) is 4.79 Å². The summed E-state index contributed by atoms with van der Waals surface area (Å²) >= 11 is 0. The zero-order valence-corrected chi connectivity index (χ0v) is 6.03. The summed E-state index contributed by atoms with van der Waals surface area (Å²) < 4.78 is 0. The van der Waals surface area contributed by atoms with Crippen LogP contribution in [0.15, 0.2) is 0 Å². The molecule has 1 fully saturated rings. The van der Waals surface area contributed by atoms with Crippen molar-refractivity contribution in [1.29, 1.82) is 0 Å². The van der Waals surface area contributed by atoms with Crippen molar-refractivity contribution < 1.29 is 15.0 Å². The number of carbonyl (C=O) groups is 1. The molecule has 5 nitrogen and oxygen atoms in total. The molecule has 1 aliphatic heterocycles. The summed E-state index contributed by atoms with van der Waals surface area (Å²) in [6, 6.07) is -0.710. The van der Waals surface area contributed by atoms with E-state index in [0.29, 0.717) is 6.54 Å². The number of aliphatic hydroxyl groups excluding tert-OH is 2. The molecular formula is C6H12N2O3. The van der Waals surface area contributed by atoms with Crippen molar-refractivity contribution in [3.05, 3.63) is 0 Å². The van der Waals surface area contributed by atoms with Crippen LogP contribution in [0.4, 0.5) is 0 Å². The predicted molar refractivity (Wildman–Crippen MR) is 37.6 cm³/mol. The SMILES string of the molecule is NC(=O)[C@@H]1NC[C@@H](O)C[C@@H]1O. The number of primary amides is 1. The molecule has 64 valence electrons. The Kier molecular flexibility index (Phi) is 2.43. The Bertz CT molecular complexity index is 162. The number of nitrogens with two attached hydrogens (primary N) is 1. The molecule has 1 saturated heterocycles. The lowest BCUT2D eigenvalue weighted by atomic mass is 9.99. The van der Waals surface area contributed by atoms with Crippen LogP contribution in [0.2, 0.25) is 0 Å². The third-order valence-corrected chi connectivity index (χ3v) is 1.78. The van der Waals surface area contributed by atoms with Gasteiger partial charge in [0.1, 0.15) is 6.04 Å². The molecule has 1 rings (SSSR count). The summed E-state index contributed by atoms with van der Waals surface area (Å²) in [5, 5.41) is 20.8. The van der Waals surface area contributed by atoms with Crippen LogP contribution in [0.3, 0.4) is 0 Å². The van der Waals surface area contributed by atoms with Gasteiger partial charge in [-0.25, -0.2) is 0 Å². The smallest absolute Gasteiger partial charge is 0.237 e. The minimum absolute atomic E-state index is 0.209. The highest BCUT2D eigenvalue weighted by molar-refractivity contribution is 5.80. The van der Waals surface area contributed by atoms with Crippen LogP contribution in [-0.2, 0) is 4.79 Å². The average Bonchev–Trinajstić information content (AvgIpc) is 1.85. The molecule has 11 heavy (non-hydrogen) atoms. The summed E-state index contributed by atoms with van der Waals surface area (Å²) in [6.45, 7) is 0.310. The number of hydrogen-bond donors (Lipinski definition) is 4. The van der Waals surface area contributed by atoms with E-state index in [1.807, 2.05) is 0 Å². The molecule has 0 aliphatic carbocycles. The summed E-state index contributed by atoms with van der Waals surface area (Å²) in [7, 11) is 0. The lowest BCUT2D eigenvalue weighted by Crippen LogP contribution is -2.56. The molecule has 0 radical (unpaired) electrons. The Labute approximate surface area is 64.2 Å². The van der Waals surface area contributed by atoms with Crippen LogP contribution in [0.1, 0.15) is 6.42 Å². The Balaban J connectivity index is 2.50. The number of hydrogen-bond acceptors (Lipinski definition) is 4. The second kappa shape index (κ2) is 3.17. The Morgan fingerprint density at radius 1 is 1.55 bits per heavy atom. The van der Waals surface area contributed by atoms with Gasteiger partial charge in [0, 0.05) is 13.0 Å². The lowest BCUT2D eigenvalue weighted by molar-refractivity contribution is -0.124. The predicted octanol–water partition coefficient (Wildman–Crippen LogP) is -2.44. The maximum absolute atomic E-state index is 10.6. The number of amides is 1. The van der Waals surface area contributed by atoms with E-state index in [-0.39, 0.29) is 6.42 Å². The van der Waals surface area contributed by atoms with E-state index in [9.17, 15) is 9.90 Å². The lowest BCUT2D eigenvalue weighted by Gasteiger charge is -2.29. The van der Waals surface area contributed by atoms with Gasteiger partial charge in [-0.2, -0.15) is 0 Å². The molecule has 1 amide bonds. The minimum Gasteiger partial charge on any atom is -0.392 e. The summed E-state index contributed by atoms with van der Waals surface area (Å²) in [5.41, 5.74) is 4.96. The Hall–Kier alpha value is -0.650. The molecule has 0 saturated carbocycles. The third-order valence-electron chi connectivity index (χ3n) is 1.78. The van der Waals surface area contributed by atoms with E-state index in [0.717, 1.165) is 0 Å². The molecule has 1 aliphatic rings. The highest BCUT2D eigenvalue weighted by Crippen LogP contribution is 2.08. The monoisotopic (exact) mass is 160 g/mol. The van der Waals surface area contributed by atoms with Gasteiger partial charge in [0.25, 0.3) is 0 Å². The fourth-order valence-electron chi connectivity index (χ4n) is 1.19. The Morgan fingerprint density at radius 2 is 2.18 bits per heavy atom. The van der Waals surface area contributed by atoms with Crippen molar-refractivity contribution in [3.63, 3.8) is 0 Å². The number of carbonyl (C=O) groups excluding carboxylic acids is 1. The molecule has 0 aromatic rings. The molecule has 3 atom stereocenters. The van der Waals surface area contributed by atoms with Crippen molar-refractivity contribution in [3.8, 4) is 0 Å². The molecule has 1 heterocycles. The van der Waals surface area contributed by atoms with Gasteiger partial charge in [-0.1, -0.05) is 0 Å². The van der Waals surface area contributed by atoms with Crippen molar-refractivity contribution >= 4 is 5.91 Å². The zero-order valence-electron chi connectivity index (χ0n) is 6.03. The standard InChI is InChI=1S/C6H12N2O3/c7-6(11)5-4(10)1-3(9)2-8-5/h3-5,8-10H,1-2H2,(H2,7,11)/t3-,4-,5+/m0/s1. The number of β-amino-alcohol motifs (C(OH)–C–C–N with tert-alkyl or cyclic N) is 1. The van der Waals surface area contributed by atoms with E-state index in [4.69, 9.17) is 10.8 Å². The van der Waals surface area contributed by atoms with Gasteiger partial charge in [0.05, 0.1) is 12.2 Å². The van der Waals surface area contributed by atoms with Gasteiger partial charge in [0.15, 0.2) is 0 Å². The van der Waals surface area contributed by atoms with Gasteiger partial charge in [0.2, 0.25) is 5.91 Å². The Morgan fingerprint density at radius 3 is 2.64 bits per heavy atom. The van der Waals surface area contributed by atoms with Gasteiger partial charge in [-0.15, -0.1) is 0 Å². The fraction of sp³-hybridized carbons (Fsp3) is 0.833. The first-order valence-electron chi connectivity index (χ1n) is 3.50. The van der Waals surface area contributed by atoms with Crippen molar-refractivity contribution in [2.24, 2.45) is 5.73 Å².